The molecule has 1 N–H and O–H groups in total. The van der Waals surface area contributed by atoms with Gasteiger partial charge in [0.1, 0.15) is 0 Å². The van der Waals surface area contributed by atoms with Crippen molar-refractivity contribution >= 4 is 33.7 Å². The van der Waals surface area contributed by atoms with E-state index in [4.69, 9.17) is 0 Å². The molecule has 2 saturated heterocycles. The Morgan fingerprint density at radius 1 is 1.03 bits per heavy atom. The van der Waals surface area contributed by atoms with Crippen LogP contribution in [-0.2, 0) is 14.4 Å². The topological polar surface area (TPSA) is 73.0 Å². The van der Waals surface area contributed by atoms with E-state index in [1.54, 1.807) is 0 Å². The van der Waals surface area contributed by atoms with Gasteiger partial charge in [-0.05, 0) is 43.9 Å². The number of halogens is 1. The zero-order valence-electron chi connectivity index (χ0n) is 18.5. The normalized spacial score (nSPS) is 20.9. The van der Waals surface area contributed by atoms with Gasteiger partial charge in [0.2, 0.25) is 17.7 Å². The Kier molecular flexibility index (Phi) is 8.49. The van der Waals surface area contributed by atoms with Gasteiger partial charge < -0.3 is 15.1 Å². The summed E-state index contributed by atoms with van der Waals surface area (Å²) in [6.45, 7) is 7.49. The molecule has 2 heterocycles. The molecule has 3 rings (SSSR count). The number of piperazine rings is 1. The molecule has 170 valence electrons. The van der Waals surface area contributed by atoms with Crippen molar-refractivity contribution < 1.29 is 14.4 Å². The van der Waals surface area contributed by atoms with E-state index < -0.39 is 0 Å². The van der Waals surface area contributed by atoms with Crippen LogP contribution in [0.25, 0.3) is 0 Å². The summed E-state index contributed by atoms with van der Waals surface area (Å²) >= 11 is 3.42. The van der Waals surface area contributed by atoms with Crippen LogP contribution in [-0.4, -0.2) is 77.7 Å². The van der Waals surface area contributed by atoms with Gasteiger partial charge >= 0.3 is 0 Å². The second-order valence-electron chi connectivity index (χ2n) is 8.60. The van der Waals surface area contributed by atoms with Crippen molar-refractivity contribution in [2.24, 2.45) is 0 Å². The molecule has 0 radical (unpaired) electrons. The van der Waals surface area contributed by atoms with Crippen molar-refractivity contribution in [2.45, 2.75) is 51.6 Å². The highest BCUT2D eigenvalue weighted by Gasteiger charge is 2.28. The fraction of sp³-hybridized carbons (Fsp3) is 0.609. The molecule has 0 spiro atoms. The molecular formula is C23H33BrN4O3. The summed E-state index contributed by atoms with van der Waals surface area (Å²) in [6.07, 6.45) is 3.60. The molecule has 31 heavy (non-hydrogen) atoms. The van der Waals surface area contributed by atoms with Gasteiger partial charge in [0.15, 0.2) is 0 Å². The van der Waals surface area contributed by atoms with Gasteiger partial charge in [-0.2, -0.15) is 0 Å². The maximum Gasteiger partial charge on any atom is 0.236 e. The zero-order valence-corrected chi connectivity index (χ0v) is 20.1. The fourth-order valence-electron chi connectivity index (χ4n) is 4.40. The average Bonchev–Trinajstić information content (AvgIpc) is 2.74. The third-order valence-electron chi connectivity index (χ3n) is 6.24. The van der Waals surface area contributed by atoms with Gasteiger partial charge in [-0.1, -0.05) is 28.1 Å². The quantitative estimate of drug-likeness (QED) is 0.662. The van der Waals surface area contributed by atoms with Gasteiger partial charge in [0.25, 0.3) is 0 Å². The highest BCUT2D eigenvalue weighted by atomic mass is 79.9. The summed E-state index contributed by atoms with van der Waals surface area (Å²) < 4.78 is 0.953. The maximum atomic E-state index is 12.9. The maximum absolute atomic E-state index is 12.9. The standard InChI is InChI=1S/C23H33BrN4O3/c1-17-5-3-4-10-28(17)23(31)16-26-11-13-27(14-12-26)22(30)15-21(25-18(2)29)19-6-8-20(24)9-7-19/h6-9,17,21H,3-5,10-16H2,1-2H3,(H,25,29). The molecule has 3 amide bonds. The summed E-state index contributed by atoms with van der Waals surface area (Å²) in [5.41, 5.74) is 0.909. The number of carbonyl (C=O) groups excluding carboxylic acids is 3. The lowest BCUT2D eigenvalue weighted by molar-refractivity contribution is -0.137. The van der Waals surface area contributed by atoms with Crippen LogP contribution in [0, 0.1) is 0 Å². The number of piperidine rings is 1. The van der Waals surface area contributed by atoms with Crippen molar-refractivity contribution in [3.05, 3.63) is 34.3 Å². The zero-order chi connectivity index (χ0) is 22.4. The molecule has 2 aliphatic heterocycles. The summed E-state index contributed by atoms with van der Waals surface area (Å²) in [4.78, 5) is 43.3. The molecule has 2 unspecified atom stereocenters. The van der Waals surface area contributed by atoms with Crippen molar-refractivity contribution in [3.8, 4) is 0 Å². The van der Waals surface area contributed by atoms with Gasteiger partial charge in [0, 0.05) is 50.2 Å². The predicted molar refractivity (Wildman–Crippen MR) is 123 cm³/mol. The first-order valence-corrected chi connectivity index (χ1v) is 11.9. The summed E-state index contributed by atoms with van der Waals surface area (Å²) in [6, 6.07) is 7.64. The number of carbonyl (C=O) groups is 3. The third kappa shape index (κ3) is 6.77. The van der Waals surface area contributed by atoms with E-state index in [1.807, 2.05) is 34.1 Å². The van der Waals surface area contributed by atoms with E-state index in [1.165, 1.54) is 13.3 Å². The molecule has 2 fully saturated rings. The van der Waals surface area contributed by atoms with E-state index in [9.17, 15) is 14.4 Å². The van der Waals surface area contributed by atoms with Crippen LogP contribution < -0.4 is 5.32 Å². The molecule has 7 nitrogen and oxygen atoms in total. The Balaban J connectivity index is 1.50. The molecule has 0 aromatic heterocycles. The minimum atomic E-state index is -0.349. The van der Waals surface area contributed by atoms with Gasteiger partial charge in [0.05, 0.1) is 19.0 Å². The number of amides is 3. The van der Waals surface area contributed by atoms with E-state index >= 15 is 0 Å². The Morgan fingerprint density at radius 2 is 1.71 bits per heavy atom. The lowest BCUT2D eigenvalue weighted by atomic mass is 10.0. The fourth-order valence-corrected chi connectivity index (χ4v) is 4.67. The monoisotopic (exact) mass is 492 g/mol. The molecule has 0 aliphatic carbocycles. The molecule has 0 saturated carbocycles. The van der Waals surface area contributed by atoms with Crippen LogP contribution in [0.1, 0.15) is 51.1 Å². The molecule has 1 aromatic carbocycles. The summed E-state index contributed by atoms with van der Waals surface area (Å²) in [5.74, 6) is 0.0706. The number of benzene rings is 1. The highest BCUT2D eigenvalue weighted by molar-refractivity contribution is 9.10. The minimum Gasteiger partial charge on any atom is -0.349 e. The average molecular weight is 493 g/mol. The number of likely N-dealkylation sites (tertiary alicyclic amines) is 1. The van der Waals surface area contributed by atoms with Crippen LogP contribution in [0.2, 0.25) is 0 Å². The Bertz CT molecular complexity index is 778. The lowest BCUT2D eigenvalue weighted by Gasteiger charge is -2.38. The molecular weight excluding hydrogens is 460 g/mol. The largest absolute Gasteiger partial charge is 0.349 e. The minimum absolute atomic E-state index is 0.0253. The number of rotatable bonds is 6. The van der Waals surface area contributed by atoms with Crippen molar-refractivity contribution in [1.82, 2.24) is 20.0 Å². The number of hydrogen-bond acceptors (Lipinski definition) is 4. The van der Waals surface area contributed by atoms with Gasteiger partial charge in [-0.15, -0.1) is 0 Å². The highest BCUT2D eigenvalue weighted by Crippen LogP contribution is 2.21. The van der Waals surface area contributed by atoms with Crippen molar-refractivity contribution in [2.75, 3.05) is 39.3 Å². The van der Waals surface area contributed by atoms with E-state index in [2.05, 4.69) is 33.1 Å². The molecule has 8 heteroatoms. The number of nitrogens with one attached hydrogen (secondary N) is 1. The molecule has 2 aliphatic rings. The summed E-state index contributed by atoms with van der Waals surface area (Å²) in [7, 11) is 0. The smallest absolute Gasteiger partial charge is 0.236 e. The summed E-state index contributed by atoms with van der Waals surface area (Å²) in [5, 5.41) is 2.90. The lowest BCUT2D eigenvalue weighted by Crippen LogP contribution is -2.53. The third-order valence-corrected chi connectivity index (χ3v) is 6.76. The van der Waals surface area contributed by atoms with Crippen LogP contribution in [0.5, 0.6) is 0 Å². The number of hydrogen-bond donors (Lipinski definition) is 1. The molecule has 2 atom stereocenters. The first kappa shape index (κ1) is 23.7. The Morgan fingerprint density at radius 3 is 2.32 bits per heavy atom. The first-order chi connectivity index (χ1) is 14.8. The van der Waals surface area contributed by atoms with Gasteiger partial charge in [-0.3, -0.25) is 19.3 Å². The van der Waals surface area contributed by atoms with E-state index in [-0.39, 0.29) is 30.2 Å². The van der Waals surface area contributed by atoms with Crippen molar-refractivity contribution in [1.29, 1.82) is 0 Å². The second kappa shape index (κ2) is 11.1. The van der Waals surface area contributed by atoms with Crippen LogP contribution in [0.15, 0.2) is 28.7 Å². The van der Waals surface area contributed by atoms with E-state index in [0.717, 1.165) is 29.4 Å². The van der Waals surface area contributed by atoms with Crippen LogP contribution in [0.3, 0.4) is 0 Å². The SMILES string of the molecule is CC(=O)NC(CC(=O)N1CCN(CC(=O)N2CCCCC2C)CC1)c1ccc(Br)cc1. The van der Waals surface area contributed by atoms with Crippen LogP contribution in [0.4, 0.5) is 0 Å². The molecule has 0 bridgehead atoms. The molecule has 1 aromatic rings. The predicted octanol–water partition coefficient (Wildman–Crippen LogP) is 2.56. The van der Waals surface area contributed by atoms with Crippen molar-refractivity contribution in [3.63, 3.8) is 0 Å². The Labute approximate surface area is 193 Å². The first-order valence-electron chi connectivity index (χ1n) is 11.2. The second-order valence-corrected chi connectivity index (χ2v) is 9.51. The van der Waals surface area contributed by atoms with E-state index in [0.29, 0.717) is 38.8 Å². The number of nitrogens with zero attached hydrogens (tertiary/aromatic N) is 3. The van der Waals surface area contributed by atoms with Gasteiger partial charge in [-0.25, -0.2) is 0 Å². The van der Waals surface area contributed by atoms with Crippen LogP contribution >= 0.6 is 15.9 Å². The Hall–Kier alpha value is -1.93.